The van der Waals surface area contributed by atoms with Crippen molar-refractivity contribution in [3.8, 4) is 11.3 Å². The number of aromatic nitrogens is 1. The summed E-state index contributed by atoms with van der Waals surface area (Å²) in [5, 5.41) is 4.40. The monoisotopic (exact) mass is 272 g/mol. The molecule has 0 fully saturated rings. The number of rotatable bonds is 1. The van der Waals surface area contributed by atoms with Crippen LogP contribution in [0.1, 0.15) is 0 Å². The molecule has 0 aliphatic heterocycles. The van der Waals surface area contributed by atoms with Gasteiger partial charge in [-0.25, -0.2) is 0 Å². The first-order chi connectivity index (χ1) is 6.66. The van der Waals surface area contributed by atoms with Gasteiger partial charge in [0.15, 0.2) is 0 Å². The van der Waals surface area contributed by atoms with Gasteiger partial charge in [0.1, 0.15) is 5.69 Å². The van der Waals surface area contributed by atoms with Gasteiger partial charge in [0.25, 0.3) is 0 Å². The molecular formula is C9H6BrClN2O. The fraction of sp³-hybridized carbons (Fsp3) is 0. The Labute approximate surface area is 94.0 Å². The molecular weight excluding hydrogens is 267 g/mol. The molecule has 2 N–H and O–H groups in total. The van der Waals surface area contributed by atoms with Gasteiger partial charge >= 0.3 is 0 Å². The maximum atomic E-state index is 6.00. The second kappa shape index (κ2) is 3.63. The second-order valence-corrected chi connectivity index (χ2v) is 4.06. The first-order valence-electron chi connectivity index (χ1n) is 3.84. The molecule has 0 aliphatic rings. The Balaban J connectivity index is 2.55. The van der Waals surface area contributed by atoms with Gasteiger partial charge in [-0.05, 0) is 18.2 Å². The Kier molecular flexibility index (Phi) is 2.48. The van der Waals surface area contributed by atoms with Crippen LogP contribution >= 0.6 is 27.5 Å². The van der Waals surface area contributed by atoms with E-state index in [-0.39, 0.29) is 5.88 Å². The van der Waals surface area contributed by atoms with E-state index in [1.54, 1.807) is 12.1 Å². The quantitative estimate of drug-likeness (QED) is 0.867. The molecule has 2 rings (SSSR count). The summed E-state index contributed by atoms with van der Waals surface area (Å²) in [6, 6.07) is 7.13. The predicted molar refractivity (Wildman–Crippen MR) is 59.1 cm³/mol. The zero-order valence-corrected chi connectivity index (χ0v) is 9.34. The highest BCUT2D eigenvalue weighted by Gasteiger charge is 2.08. The van der Waals surface area contributed by atoms with Crippen LogP contribution in [0.2, 0.25) is 5.02 Å². The van der Waals surface area contributed by atoms with E-state index in [1.165, 1.54) is 0 Å². The van der Waals surface area contributed by atoms with Gasteiger partial charge in [-0.15, -0.1) is 0 Å². The van der Waals surface area contributed by atoms with E-state index < -0.39 is 0 Å². The Morgan fingerprint density at radius 3 is 2.79 bits per heavy atom. The Morgan fingerprint density at radius 2 is 2.14 bits per heavy atom. The SMILES string of the molecule is Nc1cc(-c2cc(Br)ccc2Cl)no1. The average molecular weight is 274 g/mol. The van der Waals surface area contributed by atoms with Crippen LogP contribution < -0.4 is 5.73 Å². The lowest BCUT2D eigenvalue weighted by Crippen LogP contribution is -1.79. The molecule has 14 heavy (non-hydrogen) atoms. The summed E-state index contributed by atoms with van der Waals surface area (Å²) in [7, 11) is 0. The fourth-order valence-corrected chi connectivity index (χ4v) is 1.69. The summed E-state index contributed by atoms with van der Waals surface area (Å²) in [4.78, 5) is 0. The van der Waals surface area contributed by atoms with Gasteiger partial charge in [0.2, 0.25) is 5.88 Å². The van der Waals surface area contributed by atoms with Crippen molar-refractivity contribution in [3.05, 3.63) is 33.8 Å². The highest BCUT2D eigenvalue weighted by molar-refractivity contribution is 9.10. The summed E-state index contributed by atoms with van der Waals surface area (Å²) >= 11 is 9.35. The molecule has 1 aromatic carbocycles. The Morgan fingerprint density at radius 1 is 1.36 bits per heavy atom. The molecule has 3 nitrogen and oxygen atoms in total. The van der Waals surface area contributed by atoms with Crippen LogP contribution in [-0.2, 0) is 0 Å². The van der Waals surface area contributed by atoms with Crippen molar-refractivity contribution in [3.63, 3.8) is 0 Å². The number of benzene rings is 1. The summed E-state index contributed by atoms with van der Waals surface area (Å²) in [5.41, 5.74) is 6.85. The topological polar surface area (TPSA) is 52.0 Å². The molecule has 1 aromatic heterocycles. The van der Waals surface area contributed by atoms with E-state index in [0.717, 1.165) is 10.0 Å². The minimum absolute atomic E-state index is 0.274. The summed E-state index contributed by atoms with van der Waals surface area (Å²) in [5.74, 6) is 0.274. The molecule has 0 saturated carbocycles. The van der Waals surface area contributed by atoms with Gasteiger partial charge in [-0.3, -0.25) is 0 Å². The van der Waals surface area contributed by atoms with Crippen molar-refractivity contribution in [2.45, 2.75) is 0 Å². The molecule has 1 heterocycles. The number of halogens is 2. The number of nitrogens with zero attached hydrogens (tertiary/aromatic N) is 1. The first-order valence-corrected chi connectivity index (χ1v) is 5.01. The second-order valence-electron chi connectivity index (χ2n) is 2.74. The lowest BCUT2D eigenvalue weighted by molar-refractivity contribution is 0.439. The van der Waals surface area contributed by atoms with Crippen LogP contribution in [0.3, 0.4) is 0 Å². The van der Waals surface area contributed by atoms with Gasteiger partial charge in [0, 0.05) is 16.1 Å². The van der Waals surface area contributed by atoms with E-state index in [4.69, 9.17) is 21.9 Å². The molecule has 72 valence electrons. The van der Waals surface area contributed by atoms with Crippen molar-refractivity contribution in [1.82, 2.24) is 5.16 Å². The largest absolute Gasteiger partial charge is 0.368 e. The molecule has 0 atom stereocenters. The van der Waals surface area contributed by atoms with Crippen LogP contribution in [0.25, 0.3) is 11.3 Å². The molecule has 0 radical (unpaired) electrons. The molecule has 0 amide bonds. The third-order valence-electron chi connectivity index (χ3n) is 1.73. The standard InChI is InChI=1S/C9H6BrClN2O/c10-5-1-2-7(11)6(3-5)8-4-9(12)14-13-8/h1-4H,12H2. The lowest BCUT2D eigenvalue weighted by atomic mass is 10.1. The molecule has 0 saturated heterocycles. The third kappa shape index (κ3) is 1.76. The predicted octanol–water partition coefficient (Wildman–Crippen LogP) is 3.34. The lowest BCUT2D eigenvalue weighted by Gasteiger charge is -1.99. The van der Waals surface area contributed by atoms with E-state index >= 15 is 0 Å². The van der Waals surface area contributed by atoms with Crippen molar-refractivity contribution >= 4 is 33.4 Å². The summed E-state index contributed by atoms with van der Waals surface area (Å²) < 4.78 is 5.70. The molecule has 0 bridgehead atoms. The fourth-order valence-electron chi connectivity index (χ4n) is 1.11. The number of nitrogen functional groups attached to an aromatic ring is 1. The minimum atomic E-state index is 0.274. The maximum absolute atomic E-state index is 6.00. The van der Waals surface area contributed by atoms with Crippen molar-refractivity contribution in [2.24, 2.45) is 0 Å². The summed E-state index contributed by atoms with van der Waals surface area (Å²) in [6.07, 6.45) is 0. The molecule has 0 unspecified atom stereocenters. The minimum Gasteiger partial charge on any atom is -0.368 e. The number of hydrogen-bond donors (Lipinski definition) is 1. The first kappa shape index (κ1) is 9.55. The van der Waals surface area contributed by atoms with E-state index in [1.807, 2.05) is 12.1 Å². The smallest absolute Gasteiger partial charge is 0.222 e. The Bertz CT molecular complexity index is 470. The summed E-state index contributed by atoms with van der Waals surface area (Å²) in [6.45, 7) is 0. The van der Waals surface area contributed by atoms with Crippen LogP contribution in [0.5, 0.6) is 0 Å². The number of anilines is 1. The number of nitrogens with two attached hydrogens (primary N) is 1. The van der Waals surface area contributed by atoms with Gasteiger partial charge in [-0.1, -0.05) is 32.7 Å². The van der Waals surface area contributed by atoms with E-state index in [9.17, 15) is 0 Å². The van der Waals surface area contributed by atoms with Crippen LogP contribution in [0, 0.1) is 0 Å². The number of hydrogen-bond acceptors (Lipinski definition) is 3. The van der Waals surface area contributed by atoms with E-state index in [2.05, 4.69) is 21.1 Å². The van der Waals surface area contributed by atoms with Gasteiger partial charge < -0.3 is 10.3 Å². The molecule has 2 aromatic rings. The molecule has 0 spiro atoms. The van der Waals surface area contributed by atoms with Crippen molar-refractivity contribution < 1.29 is 4.52 Å². The molecule has 5 heteroatoms. The van der Waals surface area contributed by atoms with Crippen molar-refractivity contribution in [1.29, 1.82) is 0 Å². The highest BCUT2D eigenvalue weighted by atomic mass is 79.9. The average Bonchev–Trinajstić information content (AvgIpc) is 2.56. The zero-order chi connectivity index (χ0) is 10.1. The van der Waals surface area contributed by atoms with Crippen molar-refractivity contribution in [2.75, 3.05) is 5.73 Å². The van der Waals surface area contributed by atoms with Crippen LogP contribution in [0.4, 0.5) is 5.88 Å². The normalized spacial score (nSPS) is 10.4. The maximum Gasteiger partial charge on any atom is 0.222 e. The zero-order valence-electron chi connectivity index (χ0n) is 7.00. The molecule has 0 aliphatic carbocycles. The van der Waals surface area contributed by atoms with Crippen LogP contribution in [-0.4, -0.2) is 5.16 Å². The van der Waals surface area contributed by atoms with E-state index in [0.29, 0.717) is 10.7 Å². The van der Waals surface area contributed by atoms with Crippen LogP contribution in [0.15, 0.2) is 33.3 Å². The highest BCUT2D eigenvalue weighted by Crippen LogP contribution is 2.30. The van der Waals surface area contributed by atoms with Gasteiger partial charge in [-0.2, -0.15) is 0 Å². The van der Waals surface area contributed by atoms with Gasteiger partial charge in [0.05, 0.1) is 5.02 Å². The Hall–Kier alpha value is -1.00. The third-order valence-corrected chi connectivity index (χ3v) is 2.56.